The number of nitrogens with one attached hydrogen (secondary N) is 1. The molecule has 59 heavy (non-hydrogen) atoms. The van der Waals surface area contributed by atoms with Gasteiger partial charge in [0, 0.05) is 0 Å². The molecular weight excluding hydrogens is 747 g/mol. The monoisotopic (exact) mass is 840 g/mol. The molecule has 1 aliphatic heterocycles. The molecule has 0 aromatic heterocycles. The molecule has 0 aromatic rings. The Kier molecular flexibility index (Phi) is 36.1. The van der Waals surface area contributed by atoms with Crippen LogP contribution < -0.4 is 5.32 Å². The first-order chi connectivity index (χ1) is 28.7. The van der Waals surface area contributed by atoms with Crippen LogP contribution in [0.5, 0.6) is 0 Å². The molecular formula is C49H93NO9. The molecule has 1 aliphatic rings. The molecule has 1 unspecified atom stereocenters. The number of aliphatic hydroxyl groups excluding tert-OH is 6. The number of carbonyl (C=O) groups is 1. The Morgan fingerprint density at radius 2 is 1.10 bits per heavy atom. The summed E-state index contributed by atoms with van der Waals surface area (Å²) in [6.07, 6.45) is 34.2. The van der Waals surface area contributed by atoms with Crippen molar-refractivity contribution in [2.45, 2.75) is 262 Å². The first-order valence-corrected chi connectivity index (χ1v) is 24.6. The fraction of sp³-hybridized carbons (Fsp3) is 0.898. The molecule has 348 valence electrons. The number of unbranched alkanes of at least 4 members (excludes halogenated alkanes) is 24. The first-order valence-electron chi connectivity index (χ1n) is 24.6. The summed E-state index contributed by atoms with van der Waals surface area (Å²) >= 11 is 0. The van der Waals surface area contributed by atoms with Gasteiger partial charge in [0.2, 0.25) is 5.91 Å². The summed E-state index contributed by atoms with van der Waals surface area (Å²) in [4.78, 5) is 13.0. The maximum Gasteiger partial charge on any atom is 0.249 e. The number of rotatable bonds is 40. The van der Waals surface area contributed by atoms with Crippen LogP contribution in [0, 0.1) is 5.92 Å². The lowest BCUT2D eigenvalue weighted by atomic mass is 9.99. The van der Waals surface area contributed by atoms with Crippen molar-refractivity contribution < 1.29 is 44.9 Å². The molecule has 1 amide bonds. The van der Waals surface area contributed by atoms with Gasteiger partial charge in [-0.2, -0.15) is 0 Å². The third-order valence-corrected chi connectivity index (χ3v) is 12.2. The van der Waals surface area contributed by atoms with Crippen molar-refractivity contribution in [1.29, 1.82) is 0 Å². The van der Waals surface area contributed by atoms with Crippen LogP contribution in [0.1, 0.15) is 213 Å². The summed E-state index contributed by atoms with van der Waals surface area (Å²) in [6, 6.07) is -0.994. The second kappa shape index (κ2) is 38.3. The Morgan fingerprint density at radius 1 is 0.627 bits per heavy atom. The summed E-state index contributed by atoms with van der Waals surface area (Å²) < 4.78 is 11.1. The maximum absolute atomic E-state index is 13.0. The molecule has 9 atom stereocenters. The molecule has 0 saturated carbocycles. The van der Waals surface area contributed by atoms with Gasteiger partial charge in [-0.3, -0.25) is 4.79 Å². The van der Waals surface area contributed by atoms with Crippen molar-refractivity contribution in [2.75, 3.05) is 13.2 Å². The van der Waals surface area contributed by atoms with Crippen molar-refractivity contribution >= 4 is 5.91 Å². The highest BCUT2D eigenvalue weighted by Gasteiger charge is 2.44. The normalized spacial score (nSPS) is 21.9. The van der Waals surface area contributed by atoms with Crippen molar-refractivity contribution in [2.24, 2.45) is 5.92 Å². The van der Waals surface area contributed by atoms with Gasteiger partial charge in [0.1, 0.15) is 30.5 Å². The minimum absolute atomic E-state index is 0.228. The smallest absolute Gasteiger partial charge is 0.249 e. The summed E-state index contributed by atoms with van der Waals surface area (Å²) in [5.41, 5.74) is 0. The fourth-order valence-electron chi connectivity index (χ4n) is 7.73. The number of aliphatic hydroxyl groups is 6. The molecule has 1 rings (SSSR count). The first kappa shape index (κ1) is 55.6. The highest BCUT2D eigenvalue weighted by Crippen LogP contribution is 2.23. The van der Waals surface area contributed by atoms with E-state index in [4.69, 9.17) is 9.47 Å². The number of hydrogen-bond acceptors (Lipinski definition) is 9. The van der Waals surface area contributed by atoms with Gasteiger partial charge in [-0.1, -0.05) is 199 Å². The number of hydrogen-bond donors (Lipinski definition) is 7. The summed E-state index contributed by atoms with van der Waals surface area (Å²) in [7, 11) is 0. The molecule has 1 saturated heterocycles. The Morgan fingerprint density at radius 3 is 1.61 bits per heavy atom. The molecule has 0 spiro atoms. The number of carbonyl (C=O) groups excluding carboxylic acids is 1. The summed E-state index contributed by atoms with van der Waals surface area (Å²) in [5, 5.41) is 64.7. The molecule has 0 bridgehead atoms. The molecule has 1 fully saturated rings. The van der Waals surface area contributed by atoms with Gasteiger partial charge in [0.05, 0.1) is 25.4 Å². The molecule has 10 nitrogen and oxygen atoms in total. The lowest BCUT2D eigenvalue weighted by Gasteiger charge is -2.40. The summed E-state index contributed by atoms with van der Waals surface area (Å²) in [5.74, 6) is 0.182. The predicted octanol–water partition coefficient (Wildman–Crippen LogP) is 9.50. The zero-order valence-corrected chi connectivity index (χ0v) is 38.0. The molecule has 0 radical (unpaired) electrons. The minimum Gasteiger partial charge on any atom is -0.394 e. The van der Waals surface area contributed by atoms with Crippen molar-refractivity contribution in [3.8, 4) is 0 Å². The molecule has 10 heteroatoms. The molecule has 0 aromatic carbocycles. The van der Waals surface area contributed by atoms with E-state index in [1.54, 1.807) is 6.08 Å². The van der Waals surface area contributed by atoms with Crippen LogP contribution in [-0.4, -0.2) is 98.7 Å². The van der Waals surface area contributed by atoms with Crippen LogP contribution in [-0.2, 0) is 14.3 Å². The van der Waals surface area contributed by atoms with E-state index in [2.05, 4.69) is 32.2 Å². The topological polar surface area (TPSA) is 169 Å². The van der Waals surface area contributed by atoms with Gasteiger partial charge >= 0.3 is 0 Å². The maximum atomic E-state index is 13.0. The lowest BCUT2D eigenvalue weighted by molar-refractivity contribution is -0.302. The van der Waals surface area contributed by atoms with Crippen LogP contribution >= 0.6 is 0 Å². The van der Waals surface area contributed by atoms with Crippen molar-refractivity contribution in [3.63, 3.8) is 0 Å². The van der Waals surface area contributed by atoms with E-state index < -0.39 is 61.5 Å². The Labute approximate surface area is 361 Å². The van der Waals surface area contributed by atoms with E-state index in [1.807, 2.05) is 12.2 Å². The third-order valence-electron chi connectivity index (χ3n) is 12.2. The highest BCUT2D eigenvalue weighted by molar-refractivity contribution is 5.80. The number of amides is 1. The van der Waals surface area contributed by atoms with Gasteiger partial charge in [-0.15, -0.1) is 0 Å². The van der Waals surface area contributed by atoms with Gasteiger partial charge < -0.3 is 45.4 Å². The second-order valence-electron chi connectivity index (χ2n) is 17.6. The zero-order chi connectivity index (χ0) is 43.4. The highest BCUT2D eigenvalue weighted by atomic mass is 16.7. The van der Waals surface area contributed by atoms with Crippen LogP contribution in [0.15, 0.2) is 24.3 Å². The van der Waals surface area contributed by atoms with E-state index in [1.165, 1.54) is 148 Å². The quantitative estimate of drug-likeness (QED) is 0.0235. The van der Waals surface area contributed by atoms with Crippen LogP contribution in [0.2, 0.25) is 0 Å². The Bertz CT molecular complexity index is 1010. The SMILES string of the molecule is CCCCCCCCCCCCCCCCCCC=CCC[C@@H](O)C(=O)N[C@@H](CO[C@@H]1O[C@H](CO)[C@@H](O)[C@H](O)[C@H]1O)[C@H](O)/C=C/CCCCCCCCCCC(C)CC. The molecule has 0 aliphatic carbocycles. The van der Waals surface area contributed by atoms with Gasteiger partial charge in [0.15, 0.2) is 6.29 Å². The zero-order valence-electron chi connectivity index (χ0n) is 38.0. The van der Waals surface area contributed by atoms with Crippen molar-refractivity contribution in [3.05, 3.63) is 24.3 Å². The third kappa shape index (κ3) is 28.8. The number of ether oxygens (including phenoxy) is 2. The Balaban J connectivity index is 2.39. The standard InChI is InChI=1S/C49H93NO9/c1-4-6-7-8-9-10-11-12-13-14-15-16-17-18-19-20-25-28-31-34-37-43(53)48(57)50-41(39-58-49-47(56)46(55)45(54)44(38-51)59-49)42(52)36-33-30-27-24-22-21-23-26-29-32-35-40(3)5-2/h28,31,33,36,40-47,49,51-56H,4-27,29-30,32,34-35,37-39H2,1-3H3,(H,50,57)/b31-28?,36-33+/t40?,41-,42+,43+,44+,45+,46-,47+,49+/m0/s1. The van der Waals surface area contributed by atoms with Crippen LogP contribution in [0.4, 0.5) is 0 Å². The van der Waals surface area contributed by atoms with Crippen LogP contribution in [0.3, 0.4) is 0 Å². The average Bonchev–Trinajstić information content (AvgIpc) is 3.24. The summed E-state index contributed by atoms with van der Waals surface area (Å²) in [6.45, 7) is 5.94. The Hall–Kier alpha value is -1.37. The van der Waals surface area contributed by atoms with E-state index in [-0.39, 0.29) is 13.0 Å². The lowest BCUT2D eigenvalue weighted by Crippen LogP contribution is -2.60. The van der Waals surface area contributed by atoms with Crippen LogP contribution in [0.25, 0.3) is 0 Å². The average molecular weight is 840 g/mol. The largest absolute Gasteiger partial charge is 0.394 e. The minimum atomic E-state index is -1.61. The predicted molar refractivity (Wildman–Crippen MR) is 241 cm³/mol. The molecule has 1 heterocycles. The van der Waals surface area contributed by atoms with Crippen molar-refractivity contribution in [1.82, 2.24) is 5.32 Å². The van der Waals surface area contributed by atoms with E-state index >= 15 is 0 Å². The second-order valence-corrected chi connectivity index (χ2v) is 17.6. The fourth-order valence-corrected chi connectivity index (χ4v) is 7.73. The van der Waals surface area contributed by atoms with Gasteiger partial charge in [-0.25, -0.2) is 0 Å². The van der Waals surface area contributed by atoms with Gasteiger partial charge in [-0.05, 0) is 44.4 Å². The number of allylic oxidation sites excluding steroid dienone is 3. The van der Waals surface area contributed by atoms with E-state index in [0.717, 1.165) is 38.0 Å². The van der Waals surface area contributed by atoms with E-state index in [0.29, 0.717) is 6.42 Å². The van der Waals surface area contributed by atoms with Gasteiger partial charge in [0.25, 0.3) is 0 Å². The molecule has 7 N–H and O–H groups in total. The van der Waals surface area contributed by atoms with E-state index in [9.17, 15) is 35.4 Å².